The summed E-state index contributed by atoms with van der Waals surface area (Å²) in [6.07, 6.45) is 0. The van der Waals surface area contributed by atoms with Crippen molar-refractivity contribution in [1.82, 2.24) is 0 Å². The van der Waals surface area contributed by atoms with E-state index in [1.54, 1.807) is 11.8 Å². The van der Waals surface area contributed by atoms with Gasteiger partial charge < -0.3 is 0 Å². The molecule has 0 aliphatic heterocycles. The van der Waals surface area contributed by atoms with E-state index in [2.05, 4.69) is 46.3 Å². The van der Waals surface area contributed by atoms with Crippen molar-refractivity contribution in [1.29, 1.82) is 0 Å². The van der Waals surface area contributed by atoms with E-state index in [0.717, 1.165) is 14.9 Å². The summed E-state index contributed by atoms with van der Waals surface area (Å²) in [6, 6.07) is 22.1. The van der Waals surface area contributed by atoms with Crippen molar-refractivity contribution in [3.8, 4) is 0 Å². The van der Waals surface area contributed by atoms with E-state index < -0.39 is 0 Å². The van der Waals surface area contributed by atoms with Gasteiger partial charge in [-0.25, -0.2) is 0 Å². The maximum atomic E-state index is 12.2. The van der Waals surface area contributed by atoms with Gasteiger partial charge in [0.1, 0.15) is 0 Å². The number of hydrogen-bond acceptors (Lipinski definition) is 2. The van der Waals surface area contributed by atoms with E-state index >= 15 is 0 Å². The fraction of sp³-hybridized carbons (Fsp3) is 0.0556. The van der Waals surface area contributed by atoms with Crippen molar-refractivity contribution in [3.63, 3.8) is 0 Å². The summed E-state index contributed by atoms with van der Waals surface area (Å²) in [5.41, 5.74) is 0.756. The predicted octanol–water partition coefficient (Wildman–Crippen LogP) is 5.58. The summed E-state index contributed by atoms with van der Waals surface area (Å²) in [6.45, 7) is 0. The van der Waals surface area contributed by atoms with E-state index in [0.29, 0.717) is 5.75 Å². The lowest BCUT2D eigenvalue weighted by Crippen LogP contribution is -2.01. The molecule has 0 heterocycles. The van der Waals surface area contributed by atoms with E-state index in [-0.39, 0.29) is 5.78 Å². The molecule has 104 valence electrons. The van der Waals surface area contributed by atoms with Gasteiger partial charge in [-0.05, 0) is 35.0 Å². The molecule has 0 bridgehead atoms. The van der Waals surface area contributed by atoms with Crippen LogP contribution < -0.4 is 0 Å². The Kier molecular flexibility index (Phi) is 4.42. The lowest BCUT2D eigenvalue weighted by molar-refractivity contribution is 0.102. The van der Waals surface area contributed by atoms with E-state index in [1.807, 2.05) is 36.4 Å². The molecular formula is C18H13BrOS. The van der Waals surface area contributed by atoms with Crippen LogP contribution in [0.25, 0.3) is 10.8 Å². The number of carbonyl (C=O) groups is 1. The Labute approximate surface area is 136 Å². The molecule has 0 radical (unpaired) electrons. The van der Waals surface area contributed by atoms with Crippen molar-refractivity contribution >= 4 is 44.2 Å². The van der Waals surface area contributed by atoms with Crippen LogP contribution >= 0.6 is 27.7 Å². The van der Waals surface area contributed by atoms with Crippen molar-refractivity contribution in [2.75, 3.05) is 5.75 Å². The number of Topliss-reactive ketones (excluding diaryl/α,β-unsaturated/α-hetero) is 1. The molecule has 0 aliphatic carbocycles. The van der Waals surface area contributed by atoms with Crippen LogP contribution in [0.15, 0.2) is 76.1 Å². The Balaban J connectivity index is 1.71. The molecule has 3 rings (SSSR count). The normalized spacial score (nSPS) is 10.7. The second-order valence-corrected chi connectivity index (χ2v) is 6.69. The fourth-order valence-corrected chi connectivity index (χ4v) is 3.23. The lowest BCUT2D eigenvalue weighted by Gasteiger charge is -2.04. The number of benzene rings is 3. The Hall–Kier alpha value is -1.58. The van der Waals surface area contributed by atoms with Crippen molar-refractivity contribution in [3.05, 3.63) is 76.8 Å². The van der Waals surface area contributed by atoms with Crippen LogP contribution in [0, 0.1) is 0 Å². The summed E-state index contributed by atoms with van der Waals surface area (Å²) in [5, 5.41) is 2.43. The topological polar surface area (TPSA) is 17.1 Å². The Morgan fingerprint density at radius 1 is 0.905 bits per heavy atom. The number of carbonyl (C=O) groups excluding carboxylic acids is 1. The highest BCUT2D eigenvalue weighted by molar-refractivity contribution is 9.10. The molecule has 0 atom stereocenters. The van der Waals surface area contributed by atoms with Crippen LogP contribution in [-0.2, 0) is 0 Å². The summed E-state index contributed by atoms with van der Waals surface area (Å²) in [7, 11) is 0. The van der Waals surface area contributed by atoms with Gasteiger partial charge in [-0.2, -0.15) is 0 Å². The Bertz CT molecular complexity index is 781. The molecule has 3 aromatic carbocycles. The van der Waals surface area contributed by atoms with Crippen LogP contribution in [0.5, 0.6) is 0 Å². The van der Waals surface area contributed by atoms with Gasteiger partial charge in [-0.15, -0.1) is 11.8 Å². The van der Waals surface area contributed by atoms with Crippen molar-refractivity contribution in [2.45, 2.75) is 4.90 Å². The van der Waals surface area contributed by atoms with Gasteiger partial charge in [-0.1, -0.05) is 58.4 Å². The average Bonchev–Trinajstić information content (AvgIpc) is 2.53. The molecule has 0 fully saturated rings. The third-order valence-corrected chi connectivity index (χ3v) is 4.78. The second-order valence-electron chi connectivity index (χ2n) is 4.73. The smallest absolute Gasteiger partial charge is 0.173 e. The third kappa shape index (κ3) is 3.55. The zero-order valence-electron chi connectivity index (χ0n) is 11.3. The summed E-state index contributed by atoms with van der Waals surface area (Å²) >= 11 is 4.96. The van der Waals surface area contributed by atoms with Gasteiger partial charge in [0.2, 0.25) is 0 Å². The van der Waals surface area contributed by atoms with Gasteiger partial charge in [0.15, 0.2) is 5.78 Å². The van der Waals surface area contributed by atoms with Gasteiger partial charge in [-0.3, -0.25) is 4.79 Å². The van der Waals surface area contributed by atoms with Crippen molar-refractivity contribution in [2.24, 2.45) is 0 Å². The summed E-state index contributed by atoms with van der Waals surface area (Å²) in [4.78, 5) is 13.3. The summed E-state index contributed by atoms with van der Waals surface area (Å²) < 4.78 is 0.987. The van der Waals surface area contributed by atoms with Gasteiger partial charge in [0.05, 0.1) is 5.75 Å². The second kappa shape index (κ2) is 6.46. The van der Waals surface area contributed by atoms with Crippen LogP contribution in [-0.4, -0.2) is 11.5 Å². The number of rotatable bonds is 4. The molecule has 0 aliphatic rings. The first kappa shape index (κ1) is 14.4. The van der Waals surface area contributed by atoms with Crippen LogP contribution in [0.3, 0.4) is 0 Å². The minimum absolute atomic E-state index is 0.153. The molecule has 21 heavy (non-hydrogen) atoms. The average molecular weight is 357 g/mol. The van der Waals surface area contributed by atoms with E-state index in [4.69, 9.17) is 0 Å². The number of halogens is 1. The SMILES string of the molecule is O=C(CSc1ccc2ccccc2c1)c1ccc(Br)cc1. The maximum Gasteiger partial charge on any atom is 0.173 e. The minimum Gasteiger partial charge on any atom is -0.293 e. The van der Waals surface area contributed by atoms with E-state index in [9.17, 15) is 4.79 Å². The maximum absolute atomic E-state index is 12.2. The van der Waals surface area contributed by atoms with Crippen LogP contribution in [0.1, 0.15) is 10.4 Å². The molecule has 0 saturated carbocycles. The molecule has 3 heteroatoms. The third-order valence-electron chi connectivity index (χ3n) is 3.26. The molecule has 0 aromatic heterocycles. The number of thioether (sulfide) groups is 1. The Morgan fingerprint density at radius 3 is 2.38 bits per heavy atom. The Morgan fingerprint density at radius 2 is 1.62 bits per heavy atom. The van der Waals surface area contributed by atoms with E-state index in [1.165, 1.54) is 10.8 Å². The highest BCUT2D eigenvalue weighted by Crippen LogP contribution is 2.24. The van der Waals surface area contributed by atoms with Gasteiger partial charge >= 0.3 is 0 Å². The first-order valence-corrected chi connectivity index (χ1v) is 8.40. The van der Waals surface area contributed by atoms with Crippen LogP contribution in [0.4, 0.5) is 0 Å². The summed E-state index contributed by atoms with van der Waals surface area (Å²) in [5.74, 6) is 0.612. The largest absolute Gasteiger partial charge is 0.293 e. The molecule has 3 aromatic rings. The van der Waals surface area contributed by atoms with Crippen LogP contribution in [0.2, 0.25) is 0 Å². The minimum atomic E-state index is 0.153. The zero-order chi connectivity index (χ0) is 14.7. The highest BCUT2D eigenvalue weighted by atomic mass is 79.9. The monoisotopic (exact) mass is 356 g/mol. The molecule has 0 N–H and O–H groups in total. The quantitative estimate of drug-likeness (QED) is 0.448. The first-order chi connectivity index (χ1) is 10.2. The lowest BCUT2D eigenvalue weighted by atomic mass is 10.1. The number of fused-ring (bicyclic) bond motifs is 1. The zero-order valence-corrected chi connectivity index (χ0v) is 13.7. The van der Waals surface area contributed by atoms with Crippen molar-refractivity contribution < 1.29 is 4.79 Å². The fourth-order valence-electron chi connectivity index (χ4n) is 2.13. The molecule has 0 saturated heterocycles. The standard InChI is InChI=1S/C18H13BrOS/c19-16-8-5-14(6-9-16)18(20)12-21-17-10-7-13-3-1-2-4-15(13)11-17/h1-11H,12H2. The predicted molar refractivity (Wildman–Crippen MR) is 93.1 cm³/mol. The van der Waals surface area contributed by atoms with Gasteiger partial charge in [0.25, 0.3) is 0 Å². The number of ketones is 1. The molecule has 0 spiro atoms. The first-order valence-electron chi connectivity index (χ1n) is 6.63. The molecule has 1 nitrogen and oxygen atoms in total. The molecular weight excluding hydrogens is 344 g/mol. The highest BCUT2D eigenvalue weighted by Gasteiger charge is 2.06. The number of hydrogen-bond donors (Lipinski definition) is 0. The van der Waals surface area contributed by atoms with Gasteiger partial charge in [0, 0.05) is 14.9 Å². The molecule has 0 amide bonds. The molecule has 0 unspecified atom stereocenters.